The van der Waals surface area contributed by atoms with Gasteiger partial charge in [0.1, 0.15) is 5.75 Å². The predicted molar refractivity (Wildman–Crippen MR) is 145 cm³/mol. The molecule has 0 aliphatic heterocycles. The fraction of sp³-hybridized carbons (Fsp3) is 0.138. The van der Waals surface area contributed by atoms with E-state index in [1.54, 1.807) is 0 Å². The zero-order valence-electron chi connectivity index (χ0n) is 22.3. The van der Waals surface area contributed by atoms with Gasteiger partial charge in [-0.2, -0.15) is 39.5 Å². The van der Waals surface area contributed by atoms with Gasteiger partial charge in [-0.1, -0.05) is 61.2 Å². The van der Waals surface area contributed by atoms with E-state index in [2.05, 4.69) is 67.2 Å². The lowest BCUT2D eigenvalue weighted by Crippen LogP contribution is -2.63. The van der Waals surface area contributed by atoms with Crippen molar-refractivity contribution in [3.63, 3.8) is 0 Å². The van der Waals surface area contributed by atoms with E-state index in [0.29, 0.717) is 5.75 Å². The molecule has 0 amide bonds. The summed E-state index contributed by atoms with van der Waals surface area (Å²) in [4.78, 5) is 15.4. The largest absolute Gasteiger partial charge is 0.743 e. The molecule has 0 N–H and O–H groups in total. The molecule has 5 nitrogen and oxygen atoms in total. The van der Waals surface area contributed by atoms with Crippen molar-refractivity contribution in [2.24, 2.45) is 0 Å². The Morgan fingerprint density at radius 1 is 0.689 bits per heavy atom. The number of ether oxygens (including phenoxy) is 1. The zero-order chi connectivity index (χ0) is 33.8. The molecule has 0 atom stereocenters. The fourth-order valence-electron chi connectivity index (χ4n) is 3.68. The highest BCUT2D eigenvalue weighted by Crippen LogP contribution is 2.54. The Morgan fingerprint density at radius 2 is 1.13 bits per heavy atom. The number of carbonyl (C=O) groups excluding carboxylic acids is 1. The van der Waals surface area contributed by atoms with Crippen molar-refractivity contribution in [1.29, 1.82) is 0 Å². The van der Waals surface area contributed by atoms with Gasteiger partial charge in [0.15, 0.2) is 24.8 Å². The second-order valence-corrected chi connectivity index (χ2v) is 12.2. The molecule has 0 fully saturated rings. The third-order valence-electron chi connectivity index (χ3n) is 5.83. The van der Waals surface area contributed by atoms with Crippen LogP contribution in [0.3, 0.4) is 0 Å². The average molecular weight is 683 g/mol. The van der Waals surface area contributed by atoms with Gasteiger partial charge in [-0.05, 0) is 42.5 Å². The van der Waals surface area contributed by atoms with E-state index in [1.807, 2.05) is 36.4 Å². The molecule has 0 spiro atoms. The molecule has 240 valence electrons. The van der Waals surface area contributed by atoms with Crippen molar-refractivity contribution in [3.05, 3.63) is 110 Å². The normalized spacial score (nSPS) is 12.8. The summed E-state index contributed by atoms with van der Waals surface area (Å²) in [6, 6.07) is 33.0. The molecule has 16 heteroatoms. The molecular weight excluding hydrogens is 663 g/mol. The minimum atomic E-state index is -7.43. The molecular formula is C29H19F9O5S2. The second kappa shape index (κ2) is 13.1. The number of hydrogen-bond acceptors (Lipinski definition) is 5. The van der Waals surface area contributed by atoms with E-state index in [0.717, 1.165) is 10.8 Å². The molecule has 0 radical (unpaired) electrons. The summed E-state index contributed by atoms with van der Waals surface area (Å²) >= 11 is 0. The highest BCUT2D eigenvalue weighted by atomic mass is 32.2. The van der Waals surface area contributed by atoms with Crippen LogP contribution in [0.25, 0.3) is 10.8 Å². The molecule has 4 aromatic carbocycles. The Hall–Kier alpha value is -4.02. The second-order valence-electron chi connectivity index (χ2n) is 8.78. The van der Waals surface area contributed by atoms with Crippen molar-refractivity contribution in [2.75, 3.05) is 0 Å². The first-order chi connectivity index (χ1) is 20.8. The van der Waals surface area contributed by atoms with E-state index < -0.39 is 39.4 Å². The van der Waals surface area contributed by atoms with Crippen LogP contribution in [0.4, 0.5) is 39.5 Å². The van der Waals surface area contributed by atoms with Gasteiger partial charge in [-0.15, -0.1) is 0 Å². The van der Waals surface area contributed by atoms with Crippen molar-refractivity contribution in [1.82, 2.24) is 0 Å². The molecule has 0 aliphatic rings. The Kier molecular flexibility index (Phi) is 10.4. The maximum absolute atomic E-state index is 12.2. The van der Waals surface area contributed by atoms with Crippen molar-refractivity contribution in [2.45, 2.75) is 38.0 Å². The van der Waals surface area contributed by atoms with E-state index >= 15 is 0 Å². The van der Waals surface area contributed by atoms with Crippen LogP contribution in [-0.4, -0.2) is 42.2 Å². The Balaban J connectivity index is 0.000000281. The molecule has 0 bridgehead atoms. The summed E-state index contributed by atoms with van der Waals surface area (Å²) in [5.74, 6) is -14.7. The van der Waals surface area contributed by atoms with E-state index in [-0.39, 0.29) is 10.9 Å². The SMILES string of the molecule is C=CC(=O)Oc1ccc([S+](c2ccccc2)c2ccccc2)c2ccccc12.O=S(=O)([O-])C(F)(F)C(F)(F)C(F)(F)C(F)(F)F. The monoisotopic (exact) mass is 682 g/mol. The third-order valence-corrected chi connectivity index (χ3v) is 9.00. The Labute approximate surface area is 253 Å². The summed E-state index contributed by atoms with van der Waals surface area (Å²) in [5, 5.41) is -5.12. The number of hydrogen-bond donors (Lipinski definition) is 0. The standard InChI is InChI=1S/C25H19O2S.C4HF9O3S/c1-2-25(26)27-23-17-18-24(22-16-10-9-15-21(22)23)28(19-11-5-3-6-12-19)20-13-7-4-8-14-20;5-1(6,3(9,10)11)2(7,8)4(12,13)17(14,15)16/h2-18H,1H2;(H,14,15,16)/q+1;/p-1. The van der Waals surface area contributed by atoms with Crippen LogP contribution in [0.2, 0.25) is 0 Å². The van der Waals surface area contributed by atoms with Crippen LogP contribution in [0.5, 0.6) is 5.75 Å². The first-order valence-corrected chi connectivity index (χ1v) is 14.8. The minimum absolute atomic E-state index is 0.273. The van der Waals surface area contributed by atoms with Crippen LogP contribution in [-0.2, 0) is 25.8 Å². The first kappa shape index (κ1) is 35.5. The highest BCUT2D eigenvalue weighted by molar-refractivity contribution is 7.97. The van der Waals surface area contributed by atoms with Crippen molar-refractivity contribution < 1.29 is 62.0 Å². The molecule has 4 aromatic rings. The van der Waals surface area contributed by atoms with Gasteiger partial charge in [-0.25, -0.2) is 13.2 Å². The van der Waals surface area contributed by atoms with Gasteiger partial charge in [0.05, 0.1) is 10.9 Å². The summed E-state index contributed by atoms with van der Waals surface area (Å²) in [6.07, 6.45) is -5.98. The summed E-state index contributed by atoms with van der Waals surface area (Å²) in [5.41, 5.74) is 0. The van der Waals surface area contributed by atoms with E-state index in [4.69, 9.17) is 4.74 Å². The van der Waals surface area contributed by atoms with Crippen LogP contribution >= 0.6 is 0 Å². The van der Waals surface area contributed by atoms with Gasteiger partial charge < -0.3 is 9.29 Å². The van der Waals surface area contributed by atoms with Gasteiger partial charge in [0, 0.05) is 16.8 Å². The van der Waals surface area contributed by atoms with Crippen molar-refractivity contribution >= 4 is 37.8 Å². The van der Waals surface area contributed by atoms with E-state index in [9.17, 15) is 57.3 Å². The van der Waals surface area contributed by atoms with Gasteiger partial charge in [0.2, 0.25) is 0 Å². The topological polar surface area (TPSA) is 83.5 Å². The molecule has 0 saturated carbocycles. The fourth-order valence-corrected chi connectivity index (χ4v) is 6.36. The zero-order valence-corrected chi connectivity index (χ0v) is 23.9. The van der Waals surface area contributed by atoms with E-state index in [1.165, 1.54) is 20.8 Å². The number of esters is 1. The number of benzene rings is 4. The number of alkyl halides is 9. The van der Waals surface area contributed by atoms with Gasteiger partial charge in [0.25, 0.3) is 0 Å². The maximum Gasteiger partial charge on any atom is 0.460 e. The molecule has 0 aromatic heterocycles. The minimum Gasteiger partial charge on any atom is -0.743 e. The number of halogens is 9. The molecule has 0 heterocycles. The lowest BCUT2D eigenvalue weighted by molar-refractivity contribution is -0.382. The molecule has 45 heavy (non-hydrogen) atoms. The number of fused-ring (bicyclic) bond motifs is 1. The van der Waals surface area contributed by atoms with Crippen molar-refractivity contribution in [3.8, 4) is 5.75 Å². The first-order valence-electron chi connectivity index (χ1n) is 12.1. The average Bonchev–Trinajstić information content (AvgIpc) is 2.98. The molecule has 0 unspecified atom stereocenters. The van der Waals surface area contributed by atoms with Crippen LogP contribution < -0.4 is 4.74 Å². The van der Waals surface area contributed by atoms with Gasteiger partial charge in [-0.3, -0.25) is 0 Å². The molecule has 0 saturated heterocycles. The number of rotatable bonds is 8. The summed E-state index contributed by atoms with van der Waals surface area (Å²) in [6.45, 7) is 3.49. The van der Waals surface area contributed by atoms with Crippen LogP contribution in [0, 0.1) is 0 Å². The van der Waals surface area contributed by atoms with Crippen LogP contribution in [0.1, 0.15) is 0 Å². The molecule has 0 aliphatic carbocycles. The Morgan fingerprint density at radius 3 is 1.56 bits per heavy atom. The quantitative estimate of drug-likeness (QED) is 0.0470. The lowest BCUT2D eigenvalue weighted by Gasteiger charge is -2.34. The van der Waals surface area contributed by atoms with Crippen LogP contribution in [0.15, 0.2) is 124 Å². The molecule has 4 rings (SSSR count). The Bertz CT molecular complexity index is 1720. The maximum atomic E-state index is 12.2. The lowest BCUT2D eigenvalue weighted by atomic mass is 10.1. The third kappa shape index (κ3) is 7.12. The summed E-state index contributed by atoms with van der Waals surface area (Å²) < 4.78 is 141. The predicted octanol–water partition coefficient (Wildman–Crippen LogP) is 7.98. The smallest absolute Gasteiger partial charge is 0.460 e. The summed E-state index contributed by atoms with van der Waals surface area (Å²) in [7, 11) is -7.69. The van der Waals surface area contributed by atoms with Gasteiger partial charge >= 0.3 is 29.2 Å². The number of carbonyl (C=O) groups is 1. The highest BCUT2D eigenvalue weighted by Gasteiger charge is 2.83.